The van der Waals surface area contributed by atoms with Crippen molar-refractivity contribution in [3.8, 4) is 0 Å². The van der Waals surface area contributed by atoms with Crippen molar-refractivity contribution in [1.29, 1.82) is 0 Å². The molecule has 0 radical (unpaired) electrons. The van der Waals surface area contributed by atoms with Crippen molar-refractivity contribution in [2.24, 2.45) is 4.99 Å². The van der Waals surface area contributed by atoms with E-state index >= 15 is 0 Å². The Morgan fingerprint density at radius 2 is 2.10 bits per heavy atom. The second-order valence-corrected chi connectivity index (χ2v) is 6.12. The van der Waals surface area contributed by atoms with Gasteiger partial charge < -0.3 is 15.4 Å². The molecule has 0 heterocycles. The van der Waals surface area contributed by atoms with Gasteiger partial charge in [0.2, 0.25) is 0 Å². The van der Waals surface area contributed by atoms with Crippen LogP contribution in [-0.2, 0) is 11.3 Å². The highest BCUT2D eigenvalue weighted by Crippen LogP contribution is 2.16. The Morgan fingerprint density at radius 3 is 2.67 bits per heavy atom. The summed E-state index contributed by atoms with van der Waals surface area (Å²) < 4.78 is 19.3. The predicted molar refractivity (Wildman–Crippen MR) is 88.0 cm³/mol. The molecule has 0 saturated carbocycles. The fraction of sp³-hybridized carbons (Fsp3) is 0.533. The summed E-state index contributed by atoms with van der Waals surface area (Å²) in [6.45, 7) is 7.78. The Labute approximate surface area is 134 Å². The fourth-order valence-electron chi connectivity index (χ4n) is 1.52. The highest BCUT2D eigenvalue weighted by atomic mass is 79.9. The van der Waals surface area contributed by atoms with Gasteiger partial charge in [-0.1, -0.05) is 6.07 Å². The molecule has 0 spiro atoms. The third-order valence-corrected chi connectivity index (χ3v) is 3.63. The van der Waals surface area contributed by atoms with E-state index < -0.39 is 0 Å². The monoisotopic (exact) mass is 359 g/mol. The summed E-state index contributed by atoms with van der Waals surface area (Å²) in [7, 11) is 1.68. The van der Waals surface area contributed by atoms with Crippen LogP contribution in [0.1, 0.15) is 26.3 Å². The van der Waals surface area contributed by atoms with Crippen molar-refractivity contribution in [1.82, 2.24) is 10.6 Å². The molecule has 0 aliphatic carbocycles. The van der Waals surface area contributed by atoms with Gasteiger partial charge >= 0.3 is 0 Å². The zero-order valence-electron chi connectivity index (χ0n) is 13.0. The van der Waals surface area contributed by atoms with Crippen LogP contribution in [0.5, 0.6) is 0 Å². The lowest BCUT2D eigenvalue weighted by Gasteiger charge is -2.24. The molecular formula is C15H23BrFN3O. The molecular weight excluding hydrogens is 337 g/mol. The lowest BCUT2D eigenvalue weighted by molar-refractivity contribution is 0.0268. The number of methoxy groups -OCH3 is 1. The number of hydrogen-bond acceptors (Lipinski definition) is 2. The molecule has 0 aliphatic heterocycles. The van der Waals surface area contributed by atoms with E-state index in [0.717, 1.165) is 12.1 Å². The van der Waals surface area contributed by atoms with Crippen molar-refractivity contribution in [2.45, 2.75) is 32.9 Å². The predicted octanol–water partition coefficient (Wildman–Crippen LogP) is 3.07. The molecule has 21 heavy (non-hydrogen) atoms. The van der Waals surface area contributed by atoms with E-state index in [4.69, 9.17) is 4.74 Å². The smallest absolute Gasteiger partial charge is 0.191 e. The summed E-state index contributed by atoms with van der Waals surface area (Å²) in [5, 5.41) is 6.37. The molecule has 6 heteroatoms. The van der Waals surface area contributed by atoms with Crippen LogP contribution >= 0.6 is 15.9 Å². The third kappa shape index (κ3) is 6.44. The largest absolute Gasteiger partial charge is 0.377 e. The molecule has 1 aromatic carbocycles. The Kier molecular flexibility index (Phi) is 7.11. The average molecular weight is 360 g/mol. The first-order chi connectivity index (χ1) is 9.88. The topological polar surface area (TPSA) is 45.7 Å². The van der Waals surface area contributed by atoms with Crippen LogP contribution in [0.25, 0.3) is 0 Å². The maximum Gasteiger partial charge on any atom is 0.191 e. The van der Waals surface area contributed by atoms with Crippen LogP contribution in [0.2, 0.25) is 0 Å². The van der Waals surface area contributed by atoms with Crippen molar-refractivity contribution in [3.05, 3.63) is 34.1 Å². The lowest BCUT2D eigenvalue weighted by Crippen LogP contribution is -2.45. The molecule has 2 N–H and O–H groups in total. The molecule has 1 rings (SSSR count). The minimum atomic E-state index is -0.278. The molecule has 0 unspecified atom stereocenters. The van der Waals surface area contributed by atoms with Crippen LogP contribution in [0, 0.1) is 5.82 Å². The highest BCUT2D eigenvalue weighted by Gasteiger charge is 2.16. The van der Waals surface area contributed by atoms with Crippen LogP contribution in [0.15, 0.2) is 27.7 Å². The quantitative estimate of drug-likeness (QED) is 0.606. The van der Waals surface area contributed by atoms with E-state index in [2.05, 4.69) is 31.6 Å². The standard InChI is InChI=1S/C15H23BrFN3O/c1-5-18-14(20-10-15(2,3)21-4)19-9-11-6-7-12(16)13(17)8-11/h6-8H,5,9-10H2,1-4H3,(H2,18,19,20). The molecule has 0 aromatic heterocycles. The van der Waals surface area contributed by atoms with Gasteiger partial charge in [0.05, 0.1) is 16.6 Å². The van der Waals surface area contributed by atoms with Crippen LogP contribution in [-0.4, -0.2) is 31.8 Å². The second kappa shape index (κ2) is 8.34. The number of rotatable bonds is 6. The number of halogens is 2. The summed E-state index contributed by atoms with van der Waals surface area (Å²) in [6.07, 6.45) is 0. The Morgan fingerprint density at radius 1 is 1.38 bits per heavy atom. The van der Waals surface area contributed by atoms with E-state index in [-0.39, 0.29) is 11.4 Å². The van der Waals surface area contributed by atoms with Gasteiger partial charge in [-0.05, 0) is 54.4 Å². The zero-order valence-corrected chi connectivity index (χ0v) is 14.6. The van der Waals surface area contributed by atoms with Crippen molar-refractivity contribution in [3.63, 3.8) is 0 Å². The van der Waals surface area contributed by atoms with Crippen LogP contribution in [0.4, 0.5) is 4.39 Å². The fourth-order valence-corrected chi connectivity index (χ4v) is 1.77. The number of benzene rings is 1. The summed E-state index contributed by atoms with van der Waals surface area (Å²) >= 11 is 3.14. The first-order valence-electron chi connectivity index (χ1n) is 6.89. The maximum atomic E-state index is 13.5. The number of nitrogens with zero attached hydrogens (tertiary/aromatic N) is 1. The van der Waals surface area contributed by atoms with Crippen LogP contribution < -0.4 is 10.6 Å². The maximum absolute atomic E-state index is 13.5. The zero-order chi connectivity index (χ0) is 15.9. The first kappa shape index (κ1) is 17.9. The molecule has 0 saturated heterocycles. The SMILES string of the molecule is CCNC(=NCc1ccc(Br)c(F)c1)NCC(C)(C)OC. The number of guanidine groups is 1. The number of hydrogen-bond donors (Lipinski definition) is 2. The second-order valence-electron chi connectivity index (χ2n) is 5.26. The molecule has 0 atom stereocenters. The summed E-state index contributed by atoms with van der Waals surface area (Å²) in [5.74, 6) is 0.409. The van der Waals surface area contributed by atoms with Gasteiger partial charge in [0.1, 0.15) is 5.82 Å². The molecule has 0 amide bonds. The lowest BCUT2D eigenvalue weighted by atomic mass is 10.1. The van der Waals surface area contributed by atoms with Gasteiger partial charge in [0, 0.05) is 20.2 Å². The van der Waals surface area contributed by atoms with Gasteiger partial charge in [0.15, 0.2) is 5.96 Å². The number of nitrogens with one attached hydrogen (secondary N) is 2. The van der Waals surface area contributed by atoms with E-state index in [1.807, 2.05) is 26.8 Å². The van der Waals surface area contributed by atoms with Crippen molar-refractivity contribution in [2.75, 3.05) is 20.2 Å². The van der Waals surface area contributed by atoms with E-state index in [9.17, 15) is 4.39 Å². The van der Waals surface area contributed by atoms with Gasteiger partial charge in [-0.2, -0.15) is 0 Å². The van der Waals surface area contributed by atoms with Gasteiger partial charge in [-0.15, -0.1) is 0 Å². The highest BCUT2D eigenvalue weighted by molar-refractivity contribution is 9.10. The normalized spacial score (nSPS) is 12.4. The summed E-state index contributed by atoms with van der Waals surface area (Å²) in [6, 6.07) is 5.02. The van der Waals surface area contributed by atoms with E-state index in [0.29, 0.717) is 23.5 Å². The minimum absolute atomic E-state index is 0.277. The van der Waals surface area contributed by atoms with Gasteiger partial charge in [-0.25, -0.2) is 9.38 Å². The number of ether oxygens (including phenoxy) is 1. The van der Waals surface area contributed by atoms with E-state index in [1.165, 1.54) is 6.07 Å². The van der Waals surface area contributed by atoms with Gasteiger partial charge in [0.25, 0.3) is 0 Å². The summed E-state index contributed by atoms with van der Waals surface area (Å²) in [4.78, 5) is 4.45. The number of aliphatic imine (C=N–C) groups is 1. The van der Waals surface area contributed by atoms with E-state index in [1.54, 1.807) is 13.2 Å². The molecule has 1 aromatic rings. The third-order valence-electron chi connectivity index (χ3n) is 2.98. The van der Waals surface area contributed by atoms with Crippen molar-refractivity contribution >= 4 is 21.9 Å². The average Bonchev–Trinajstić information content (AvgIpc) is 2.45. The Balaban J connectivity index is 2.68. The molecule has 118 valence electrons. The molecule has 0 aliphatic rings. The minimum Gasteiger partial charge on any atom is -0.377 e. The Bertz CT molecular complexity index is 492. The first-order valence-corrected chi connectivity index (χ1v) is 7.68. The molecule has 0 bridgehead atoms. The molecule has 4 nitrogen and oxygen atoms in total. The van der Waals surface area contributed by atoms with Crippen LogP contribution in [0.3, 0.4) is 0 Å². The van der Waals surface area contributed by atoms with Gasteiger partial charge in [-0.3, -0.25) is 0 Å². The van der Waals surface area contributed by atoms with Crippen molar-refractivity contribution < 1.29 is 9.13 Å². The Hall–Kier alpha value is -1.14. The molecule has 0 fully saturated rings. The summed E-state index contributed by atoms with van der Waals surface area (Å²) in [5.41, 5.74) is 0.541.